The van der Waals surface area contributed by atoms with Gasteiger partial charge in [0.05, 0.1) is 37.3 Å². The van der Waals surface area contributed by atoms with Gasteiger partial charge in [-0.2, -0.15) is 0 Å². The zero-order chi connectivity index (χ0) is 33.2. The summed E-state index contributed by atoms with van der Waals surface area (Å²) in [4.78, 5) is 0. The van der Waals surface area contributed by atoms with Crippen LogP contribution in [0, 0.1) is 0 Å². The number of fused-ring (bicyclic) bond motifs is 6. The van der Waals surface area contributed by atoms with E-state index in [0.29, 0.717) is 48.3 Å². The molecule has 0 atom stereocenters. The molecule has 2 aliphatic rings. The normalized spacial score (nSPS) is 14.9. The fourth-order valence-electron chi connectivity index (χ4n) is 7.51. The first kappa shape index (κ1) is 34.6. The van der Waals surface area contributed by atoms with Gasteiger partial charge in [0.2, 0.25) is 0 Å². The summed E-state index contributed by atoms with van der Waals surface area (Å²) >= 11 is 13.0. The largest absolute Gasteiger partial charge is 0.383 e. The van der Waals surface area contributed by atoms with Crippen LogP contribution in [0.3, 0.4) is 0 Å². The SMILES string of the molecule is COCC1(COC)c2c(Cl)cccc2-c2cccc(Cl)c21.COCC1(COC)c2cc(C(C)C)ccc2-c2ccc(C(C)C)cc21. The third kappa shape index (κ3) is 5.83. The van der Waals surface area contributed by atoms with Gasteiger partial charge < -0.3 is 18.9 Å². The molecule has 6 rings (SSSR count). The molecule has 4 aromatic carbocycles. The molecule has 0 saturated heterocycles. The molecule has 0 saturated carbocycles. The molecule has 244 valence electrons. The molecule has 0 bridgehead atoms. The van der Waals surface area contributed by atoms with Gasteiger partial charge in [-0.1, -0.05) is 112 Å². The van der Waals surface area contributed by atoms with E-state index in [1.165, 1.54) is 33.4 Å². The minimum Gasteiger partial charge on any atom is -0.383 e. The van der Waals surface area contributed by atoms with E-state index in [1.807, 2.05) is 24.3 Å². The smallest absolute Gasteiger partial charge is 0.0710 e. The molecule has 4 nitrogen and oxygen atoms in total. The lowest BCUT2D eigenvalue weighted by Gasteiger charge is -2.31. The van der Waals surface area contributed by atoms with Crippen molar-refractivity contribution in [3.05, 3.63) is 116 Å². The van der Waals surface area contributed by atoms with Gasteiger partial charge in [-0.05, 0) is 79.6 Å². The van der Waals surface area contributed by atoms with Gasteiger partial charge in [0.15, 0.2) is 0 Å². The van der Waals surface area contributed by atoms with Crippen molar-refractivity contribution in [2.45, 2.75) is 50.4 Å². The average molecular weight is 662 g/mol. The van der Waals surface area contributed by atoms with Gasteiger partial charge in [-0.3, -0.25) is 0 Å². The van der Waals surface area contributed by atoms with Crippen molar-refractivity contribution in [2.75, 3.05) is 54.9 Å². The standard InChI is InChI=1S/C23H30O2.C17H16Cl2O2/c1-15(2)17-7-9-19-20-10-8-18(16(3)4)12-22(20)23(13-24-5,14-25-6)21(19)11-17;1-20-9-17(10-21-2)15-11(5-3-7-13(15)18)12-6-4-8-14(19)16(12)17/h7-12,15-16H,13-14H2,1-6H3;3-8H,9-10H2,1-2H3. The van der Waals surface area contributed by atoms with E-state index in [9.17, 15) is 0 Å². The molecule has 46 heavy (non-hydrogen) atoms. The topological polar surface area (TPSA) is 36.9 Å². The van der Waals surface area contributed by atoms with Crippen molar-refractivity contribution in [1.29, 1.82) is 0 Å². The van der Waals surface area contributed by atoms with Crippen molar-refractivity contribution in [2.24, 2.45) is 0 Å². The predicted octanol–water partition coefficient (Wildman–Crippen LogP) is 10.0. The lowest BCUT2D eigenvalue weighted by molar-refractivity contribution is 0.0814. The maximum Gasteiger partial charge on any atom is 0.0710 e. The van der Waals surface area contributed by atoms with E-state index in [0.717, 1.165) is 22.3 Å². The van der Waals surface area contributed by atoms with Crippen molar-refractivity contribution >= 4 is 23.2 Å². The second kappa shape index (κ2) is 14.2. The number of halogens is 2. The first-order valence-electron chi connectivity index (χ1n) is 15.9. The Morgan fingerprint density at radius 3 is 1.22 bits per heavy atom. The van der Waals surface area contributed by atoms with E-state index in [-0.39, 0.29) is 5.41 Å². The molecule has 0 radical (unpaired) electrons. The molecule has 0 N–H and O–H groups in total. The van der Waals surface area contributed by atoms with E-state index >= 15 is 0 Å². The fourth-order valence-corrected chi connectivity index (χ4v) is 8.22. The molecule has 6 heteroatoms. The minimum absolute atomic E-state index is 0.232. The number of benzene rings is 4. The molecule has 0 fully saturated rings. The van der Waals surface area contributed by atoms with Gasteiger partial charge in [0.25, 0.3) is 0 Å². The highest BCUT2D eigenvalue weighted by Gasteiger charge is 2.47. The number of rotatable bonds is 10. The van der Waals surface area contributed by atoms with Crippen molar-refractivity contribution in [3.8, 4) is 22.3 Å². The van der Waals surface area contributed by atoms with E-state index in [2.05, 4.69) is 76.2 Å². The Balaban J connectivity index is 0.000000184. The van der Waals surface area contributed by atoms with E-state index in [1.54, 1.807) is 28.4 Å². The van der Waals surface area contributed by atoms with Crippen LogP contribution >= 0.6 is 23.2 Å². The zero-order valence-electron chi connectivity index (χ0n) is 28.3. The lowest BCUT2D eigenvalue weighted by Crippen LogP contribution is -2.36. The van der Waals surface area contributed by atoms with Crippen molar-refractivity contribution < 1.29 is 18.9 Å². The Hall–Kier alpha value is -2.70. The number of hydrogen-bond acceptors (Lipinski definition) is 4. The first-order valence-corrected chi connectivity index (χ1v) is 16.7. The maximum atomic E-state index is 6.51. The van der Waals surface area contributed by atoms with Crippen LogP contribution in [0.25, 0.3) is 22.3 Å². The monoisotopic (exact) mass is 660 g/mol. The summed E-state index contributed by atoms with van der Waals surface area (Å²) < 4.78 is 22.4. The quantitative estimate of drug-likeness (QED) is 0.170. The summed E-state index contributed by atoms with van der Waals surface area (Å²) in [5.74, 6) is 1.01. The van der Waals surface area contributed by atoms with Gasteiger partial charge in [0.1, 0.15) is 0 Å². The fraction of sp³-hybridized carbons (Fsp3) is 0.400. The average Bonchev–Trinajstić information content (AvgIpc) is 3.46. The Kier molecular flexibility index (Phi) is 10.7. The highest BCUT2D eigenvalue weighted by molar-refractivity contribution is 6.34. The molecule has 0 amide bonds. The van der Waals surface area contributed by atoms with Crippen LogP contribution in [-0.2, 0) is 29.8 Å². The first-order chi connectivity index (χ1) is 22.1. The molecule has 0 aliphatic heterocycles. The van der Waals surface area contributed by atoms with Crippen LogP contribution in [0.2, 0.25) is 10.0 Å². The Labute approximate surface area is 284 Å². The van der Waals surface area contributed by atoms with Crippen LogP contribution in [0.15, 0.2) is 72.8 Å². The van der Waals surface area contributed by atoms with Crippen LogP contribution in [0.5, 0.6) is 0 Å². The Morgan fingerprint density at radius 2 is 0.870 bits per heavy atom. The molecule has 0 spiro atoms. The Bertz CT molecular complexity index is 1570. The summed E-state index contributed by atoms with van der Waals surface area (Å²) in [6.45, 7) is 11.2. The number of hydrogen-bond donors (Lipinski definition) is 0. The number of methoxy groups -OCH3 is 4. The zero-order valence-corrected chi connectivity index (χ0v) is 29.8. The highest BCUT2D eigenvalue weighted by Crippen LogP contribution is 2.54. The molecular weight excluding hydrogens is 615 g/mol. The van der Waals surface area contributed by atoms with Crippen LogP contribution < -0.4 is 0 Å². The Morgan fingerprint density at radius 1 is 0.500 bits per heavy atom. The van der Waals surface area contributed by atoms with Crippen molar-refractivity contribution in [3.63, 3.8) is 0 Å². The number of ether oxygens (including phenoxy) is 4. The molecule has 0 heterocycles. The lowest BCUT2D eigenvalue weighted by atomic mass is 9.78. The van der Waals surface area contributed by atoms with Gasteiger partial charge in [-0.15, -0.1) is 0 Å². The molecule has 0 aromatic heterocycles. The molecule has 0 unspecified atom stereocenters. The maximum absolute atomic E-state index is 6.51. The van der Waals surface area contributed by atoms with Crippen molar-refractivity contribution in [1.82, 2.24) is 0 Å². The van der Waals surface area contributed by atoms with E-state index in [4.69, 9.17) is 42.1 Å². The molecular formula is C40H46Cl2O4. The molecule has 4 aromatic rings. The van der Waals surface area contributed by atoms with Crippen LogP contribution in [0.1, 0.15) is 72.9 Å². The highest BCUT2D eigenvalue weighted by atomic mass is 35.5. The summed E-state index contributed by atoms with van der Waals surface area (Å²) in [6, 6.07) is 25.7. The van der Waals surface area contributed by atoms with Gasteiger partial charge >= 0.3 is 0 Å². The third-order valence-corrected chi connectivity index (χ3v) is 10.2. The van der Waals surface area contributed by atoms with Gasteiger partial charge in [0, 0.05) is 38.5 Å². The van der Waals surface area contributed by atoms with E-state index < -0.39 is 5.41 Å². The second-order valence-electron chi connectivity index (χ2n) is 13.1. The van der Waals surface area contributed by atoms with Crippen LogP contribution in [-0.4, -0.2) is 54.9 Å². The summed E-state index contributed by atoms with van der Waals surface area (Å²) in [7, 11) is 6.94. The predicted molar refractivity (Wildman–Crippen MR) is 191 cm³/mol. The summed E-state index contributed by atoms with van der Waals surface area (Å²) in [6.07, 6.45) is 0. The third-order valence-electron chi connectivity index (χ3n) is 9.58. The second-order valence-corrected chi connectivity index (χ2v) is 14.0. The van der Waals surface area contributed by atoms with Gasteiger partial charge in [-0.25, -0.2) is 0 Å². The van der Waals surface area contributed by atoms with Crippen LogP contribution in [0.4, 0.5) is 0 Å². The molecule has 2 aliphatic carbocycles. The summed E-state index contributed by atoms with van der Waals surface area (Å²) in [5, 5.41) is 1.43. The summed E-state index contributed by atoms with van der Waals surface area (Å²) in [5.41, 5.74) is 11.7. The minimum atomic E-state index is -0.467.